The molecule has 1 saturated heterocycles. The number of amides is 1. The Labute approximate surface area is 161 Å². The summed E-state index contributed by atoms with van der Waals surface area (Å²) in [6, 6.07) is 6.10. The van der Waals surface area contributed by atoms with E-state index in [0.717, 1.165) is 0 Å². The van der Waals surface area contributed by atoms with Crippen LogP contribution in [0.3, 0.4) is 0 Å². The van der Waals surface area contributed by atoms with Crippen LogP contribution in [-0.4, -0.2) is 54.2 Å². The summed E-state index contributed by atoms with van der Waals surface area (Å²) in [5, 5.41) is 7.36. The van der Waals surface area contributed by atoms with Gasteiger partial charge in [0, 0.05) is 18.0 Å². The SMILES string of the molecule is CCCn1nc(C(=O)OCC(=O)NC2CCS(=O)(=O)C2)c2ccccc2c1=O. The summed E-state index contributed by atoms with van der Waals surface area (Å²) in [7, 11) is -3.12. The number of fused-ring (bicyclic) bond motifs is 1. The fourth-order valence-electron chi connectivity index (χ4n) is 3.13. The van der Waals surface area contributed by atoms with Crippen LogP contribution >= 0.6 is 0 Å². The molecule has 150 valence electrons. The molecule has 2 aromatic rings. The molecule has 0 bridgehead atoms. The third kappa shape index (κ3) is 4.38. The van der Waals surface area contributed by atoms with Crippen molar-refractivity contribution in [2.75, 3.05) is 18.1 Å². The number of hydrogen-bond donors (Lipinski definition) is 1. The summed E-state index contributed by atoms with van der Waals surface area (Å²) < 4.78 is 29.1. The Hall–Kier alpha value is -2.75. The smallest absolute Gasteiger partial charge is 0.359 e. The molecule has 3 rings (SSSR count). The average Bonchev–Trinajstić information content (AvgIpc) is 3.00. The van der Waals surface area contributed by atoms with Gasteiger partial charge in [-0.2, -0.15) is 5.10 Å². The molecule has 0 saturated carbocycles. The molecule has 1 aliphatic heterocycles. The highest BCUT2D eigenvalue weighted by molar-refractivity contribution is 7.91. The first-order valence-corrected chi connectivity index (χ1v) is 10.8. The summed E-state index contributed by atoms with van der Waals surface area (Å²) in [5.41, 5.74) is -0.339. The predicted molar refractivity (Wildman–Crippen MR) is 102 cm³/mol. The average molecular weight is 407 g/mol. The molecule has 1 N–H and O–H groups in total. The number of carbonyl (C=O) groups is 2. The van der Waals surface area contributed by atoms with Crippen LogP contribution in [0.1, 0.15) is 30.3 Å². The summed E-state index contributed by atoms with van der Waals surface area (Å²) in [4.78, 5) is 36.9. The molecule has 1 aliphatic rings. The van der Waals surface area contributed by atoms with Crippen molar-refractivity contribution in [2.45, 2.75) is 32.4 Å². The highest BCUT2D eigenvalue weighted by atomic mass is 32.2. The van der Waals surface area contributed by atoms with E-state index >= 15 is 0 Å². The van der Waals surface area contributed by atoms with E-state index in [0.29, 0.717) is 30.2 Å². The van der Waals surface area contributed by atoms with Crippen molar-refractivity contribution in [3.8, 4) is 0 Å². The minimum absolute atomic E-state index is 0.0343. The monoisotopic (exact) mass is 407 g/mol. The highest BCUT2D eigenvalue weighted by Gasteiger charge is 2.29. The number of aryl methyl sites for hydroxylation is 1. The molecule has 1 amide bonds. The number of carbonyl (C=O) groups excluding carboxylic acids is 2. The van der Waals surface area contributed by atoms with Crippen LogP contribution in [0.2, 0.25) is 0 Å². The second-order valence-corrected chi connectivity index (χ2v) is 8.89. The Bertz CT molecular complexity index is 1080. The Morgan fingerprint density at radius 2 is 2.00 bits per heavy atom. The fraction of sp³-hybridized carbons (Fsp3) is 0.444. The van der Waals surface area contributed by atoms with Crippen molar-refractivity contribution in [1.29, 1.82) is 0 Å². The van der Waals surface area contributed by atoms with Gasteiger partial charge in [-0.15, -0.1) is 0 Å². The minimum atomic E-state index is -3.12. The molecular formula is C18H21N3O6S. The van der Waals surface area contributed by atoms with E-state index in [9.17, 15) is 22.8 Å². The molecule has 28 heavy (non-hydrogen) atoms. The quantitative estimate of drug-likeness (QED) is 0.681. The van der Waals surface area contributed by atoms with Crippen molar-refractivity contribution in [3.05, 3.63) is 40.3 Å². The topological polar surface area (TPSA) is 124 Å². The maximum Gasteiger partial charge on any atom is 0.359 e. The first-order chi connectivity index (χ1) is 13.3. The molecule has 1 aromatic heterocycles. The molecule has 0 spiro atoms. The number of esters is 1. The van der Waals surface area contributed by atoms with E-state index in [-0.39, 0.29) is 22.8 Å². The molecule has 1 aromatic carbocycles. The second-order valence-electron chi connectivity index (χ2n) is 6.67. The largest absolute Gasteiger partial charge is 0.451 e. The van der Waals surface area contributed by atoms with Crippen LogP contribution in [0.5, 0.6) is 0 Å². The highest BCUT2D eigenvalue weighted by Crippen LogP contribution is 2.15. The van der Waals surface area contributed by atoms with E-state index < -0.39 is 34.4 Å². The fourth-order valence-corrected chi connectivity index (χ4v) is 4.80. The molecule has 10 heteroatoms. The minimum Gasteiger partial charge on any atom is -0.451 e. The Morgan fingerprint density at radius 3 is 2.64 bits per heavy atom. The van der Waals surface area contributed by atoms with Crippen LogP contribution in [0, 0.1) is 0 Å². The lowest BCUT2D eigenvalue weighted by Gasteiger charge is -2.12. The zero-order chi connectivity index (χ0) is 20.3. The van der Waals surface area contributed by atoms with Crippen molar-refractivity contribution >= 4 is 32.5 Å². The number of aromatic nitrogens is 2. The van der Waals surface area contributed by atoms with Crippen LogP contribution in [0.15, 0.2) is 29.1 Å². The molecule has 0 radical (unpaired) electrons. The van der Waals surface area contributed by atoms with Crippen LogP contribution < -0.4 is 10.9 Å². The van der Waals surface area contributed by atoms with Gasteiger partial charge in [0.05, 0.1) is 16.9 Å². The zero-order valence-corrected chi connectivity index (χ0v) is 16.2. The number of nitrogens with zero attached hydrogens (tertiary/aromatic N) is 2. The van der Waals surface area contributed by atoms with Gasteiger partial charge in [0.2, 0.25) is 0 Å². The molecule has 1 fully saturated rings. The van der Waals surface area contributed by atoms with E-state index in [2.05, 4.69) is 10.4 Å². The van der Waals surface area contributed by atoms with E-state index in [1.165, 1.54) is 4.68 Å². The lowest BCUT2D eigenvalue weighted by molar-refractivity contribution is -0.124. The summed E-state index contributed by atoms with van der Waals surface area (Å²) >= 11 is 0. The van der Waals surface area contributed by atoms with E-state index in [1.807, 2.05) is 6.92 Å². The zero-order valence-electron chi connectivity index (χ0n) is 15.4. The Morgan fingerprint density at radius 1 is 1.29 bits per heavy atom. The number of sulfone groups is 1. The van der Waals surface area contributed by atoms with Crippen molar-refractivity contribution < 1.29 is 22.7 Å². The normalized spacial score (nSPS) is 18.1. The number of hydrogen-bond acceptors (Lipinski definition) is 7. The van der Waals surface area contributed by atoms with Crippen molar-refractivity contribution in [1.82, 2.24) is 15.1 Å². The maximum absolute atomic E-state index is 12.5. The Kier molecular flexibility index (Phi) is 5.78. The Balaban J connectivity index is 1.73. The number of rotatable bonds is 6. The second kappa shape index (κ2) is 8.09. The first kappa shape index (κ1) is 20.0. The molecule has 2 heterocycles. The lowest BCUT2D eigenvalue weighted by Crippen LogP contribution is -2.38. The number of benzene rings is 1. The van der Waals surface area contributed by atoms with Gasteiger partial charge in [-0.25, -0.2) is 17.9 Å². The molecule has 9 nitrogen and oxygen atoms in total. The molecule has 1 atom stereocenters. The van der Waals surface area contributed by atoms with Crippen LogP contribution in [-0.2, 0) is 25.9 Å². The lowest BCUT2D eigenvalue weighted by atomic mass is 10.1. The van der Waals surface area contributed by atoms with Crippen molar-refractivity contribution in [3.63, 3.8) is 0 Å². The predicted octanol–water partition coefficient (Wildman–Crippen LogP) is 0.267. The van der Waals surface area contributed by atoms with Gasteiger partial charge >= 0.3 is 5.97 Å². The number of ether oxygens (including phenoxy) is 1. The molecule has 1 unspecified atom stereocenters. The van der Waals surface area contributed by atoms with Crippen LogP contribution in [0.25, 0.3) is 10.8 Å². The molecular weight excluding hydrogens is 386 g/mol. The summed E-state index contributed by atoms with van der Waals surface area (Å²) in [6.45, 7) is 1.67. The van der Waals surface area contributed by atoms with Gasteiger partial charge in [0.25, 0.3) is 11.5 Å². The summed E-state index contributed by atoms with van der Waals surface area (Å²) in [5.74, 6) is -1.48. The summed E-state index contributed by atoms with van der Waals surface area (Å²) in [6.07, 6.45) is 1.00. The van der Waals surface area contributed by atoms with Crippen LogP contribution in [0.4, 0.5) is 0 Å². The van der Waals surface area contributed by atoms with Gasteiger partial charge < -0.3 is 10.1 Å². The van der Waals surface area contributed by atoms with Gasteiger partial charge in [-0.3, -0.25) is 9.59 Å². The van der Waals surface area contributed by atoms with Crippen molar-refractivity contribution in [2.24, 2.45) is 0 Å². The van der Waals surface area contributed by atoms with E-state index in [4.69, 9.17) is 4.74 Å². The van der Waals surface area contributed by atoms with E-state index in [1.54, 1.807) is 24.3 Å². The van der Waals surface area contributed by atoms with Gasteiger partial charge in [-0.05, 0) is 18.9 Å². The number of nitrogens with one attached hydrogen (secondary N) is 1. The first-order valence-electron chi connectivity index (χ1n) is 8.97. The maximum atomic E-state index is 12.5. The van der Waals surface area contributed by atoms with Gasteiger partial charge in [0.1, 0.15) is 0 Å². The van der Waals surface area contributed by atoms with Gasteiger partial charge in [0.15, 0.2) is 22.1 Å². The van der Waals surface area contributed by atoms with Gasteiger partial charge in [-0.1, -0.05) is 25.1 Å². The standard InChI is InChI=1S/C18H21N3O6S/c1-2-8-21-17(23)14-6-4-3-5-13(14)16(20-21)18(24)27-10-15(22)19-12-7-9-28(25,26)11-12/h3-6,12H,2,7-11H2,1H3,(H,19,22). The third-order valence-corrected chi connectivity index (χ3v) is 6.20. The third-order valence-electron chi connectivity index (χ3n) is 4.43. The molecule has 0 aliphatic carbocycles.